The minimum Gasteiger partial charge on any atom is -0.242 e. The van der Waals surface area contributed by atoms with Crippen molar-refractivity contribution in [3.8, 4) is 0 Å². The number of nitrogens with zero attached hydrogens (tertiary/aromatic N) is 2. The Morgan fingerprint density at radius 2 is 2.11 bits per heavy atom. The quantitative estimate of drug-likeness (QED) is 0.577. The lowest BCUT2D eigenvalue weighted by Gasteiger charge is -1.98. The highest BCUT2D eigenvalue weighted by Gasteiger charge is 2.08. The van der Waals surface area contributed by atoms with Crippen molar-refractivity contribution in [1.29, 1.82) is 0 Å². The van der Waals surface area contributed by atoms with E-state index in [9.17, 15) is 0 Å². The maximum Gasteiger partial charge on any atom is 0.400 e. The van der Waals surface area contributed by atoms with Gasteiger partial charge in [0.15, 0.2) is 0 Å². The van der Waals surface area contributed by atoms with E-state index in [0.717, 1.165) is 11.5 Å². The molecule has 90 valence electrons. The van der Waals surface area contributed by atoms with Gasteiger partial charge in [0.1, 0.15) is 18.1 Å². The normalized spacial score (nSPS) is 10.9. The number of hydrogen-bond acceptors (Lipinski definition) is 2. The van der Waals surface area contributed by atoms with Gasteiger partial charge in [-0.1, -0.05) is 22.7 Å². The zero-order valence-corrected chi connectivity index (χ0v) is 10.9. The van der Waals surface area contributed by atoms with Crippen molar-refractivity contribution in [3.05, 3.63) is 60.2 Å². The molecular weight excluding hydrogens is 242 g/mol. The summed E-state index contributed by atoms with van der Waals surface area (Å²) in [5.41, 5.74) is 2.48. The molecular formula is C14H14N3S+. The van der Waals surface area contributed by atoms with Gasteiger partial charge in [-0.05, 0) is 19.1 Å². The SMILES string of the molecule is Cc1ccc(SCc2c[n+]3cccnc3[nH]2)cc1. The van der Waals surface area contributed by atoms with Crippen LogP contribution in [0, 0.1) is 6.92 Å². The Morgan fingerprint density at radius 1 is 1.28 bits per heavy atom. The van der Waals surface area contributed by atoms with Gasteiger partial charge in [-0.2, -0.15) is 0 Å². The van der Waals surface area contributed by atoms with Crippen LogP contribution in [-0.4, -0.2) is 9.97 Å². The van der Waals surface area contributed by atoms with Crippen LogP contribution in [0.4, 0.5) is 0 Å². The van der Waals surface area contributed by atoms with Crippen molar-refractivity contribution >= 4 is 17.5 Å². The molecule has 0 aliphatic carbocycles. The molecule has 0 spiro atoms. The van der Waals surface area contributed by atoms with Gasteiger partial charge in [-0.25, -0.2) is 9.38 Å². The molecule has 18 heavy (non-hydrogen) atoms. The number of aromatic nitrogens is 3. The summed E-state index contributed by atoms with van der Waals surface area (Å²) in [6.07, 6.45) is 5.88. The molecule has 0 saturated heterocycles. The van der Waals surface area contributed by atoms with Gasteiger partial charge in [0.25, 0.3) is 0 Å². The van der Waals surface area contributed by atoms with E-state index in [1.54, 1.807) is 6.20 Å². The van der Waals surface area contributed by atoms with Crippen LogP contribution >= 0.6 is 11.8 Å². The van der Waals surface area contributed by atoms with Crippen molar-refractivity contribution < 1.29 is 4.40 Å². The number of aromatic amines is 1. The van der Waals surface area contributed by atoms with E-state index in [1.165, 1.54) is 16.2 Å². The zero-order valence-electron chi connectivity index (χ0n) is 10.1. The van der Waals surface area contributed by atoms with Crippen LogP contribution in [0.25, 0.3) is 5.78 Å². The van der Waals surface area contributed by atoms with Crippen molar-refractivity contribution in [2.24, 2.45) is 0 Å². The van der Waals surface area contributed by atoms with Crippen LogP contribution in [0.3, 0.4) is 0 Å². The van der Waals surface area contributed by atoms with Gasteiger partial charge in [-0.3, -0.25) is 0 Å². The summed E-state index contributed by atoms with van der Waals surface area (Å²) >= 11 is 1.83. The molecule has 0 saturated carbocycles. The molecule has 0 bridgehead atoms. The van der Waals surface area contributed by atoms with Gasteiger partial charge >= 0.3 is 5.78 Å². The van der Waals surface area contributed by atoms with Crippen LogP contribution < -0.4 is 4.40 Å². The molecule has 2 heterocycles. The fourth-order valence-electron chi connectivity index (χ4n) is 1.80. The largest absolute Gasteiger partial charge is 0.400 e. The summed E-state index contributed by atoms with van der Waals surface area (Å²) in [7, 11) is 0. The fourth-order valence-corrected chi connectivity index (χ4v) is 2.59. The summed E-state index contributed by atoms with van der Waals surface area (Å²) in [5.74, 6) is 1.81. The highest BCUT2D eigenvalue weighted by atomic mass is 32.2. The first-order valence-corrected chi connectivity index (χ1v) is 6.83. The summed E-state index contributed by atoms with van der Waals surface area (Å²) in [6.45, 7) is 2.11. The third-order valence-electron chi connectivity index (χ3n) is 2.76. The minimum absolute atomic E-state index is 0.886. The molecule has 0 unspecified atom stereocenters. The second-order valence-electron chi connectivity index (χ2n) is 4.23. The first-order chi connectivity index (χ1) is 8.81. The highest BCUT2D eigenvalue weighted by Crippen LogP contribution is 2.21. The molecule has 1 aromatic carbocycles. The molecule has 4 heteroatoms. The molecule has 2 aromatic heterocycles. The third kappa shape index (κ3) is 2.38. The Balaban J connectivity index is 1.74. The van der Waals surface area contributed by atoms with E-state index in [4.69, 9.17) is 0 Å². The summed E-state index contributed by atoms with van der Waals surface area (Å²) < 4.78 is 2.00. The first-order valence-electron chi connectivity index (χ1n) is 5.84. The number of thioether (sulfide) groups is 1. The highest BCUT2D eigenvalue weighted by molar-refractivity contribution is 7.98. The second-order valence-corrected chi connectivity index (χ2v) is 5.28. The smallest absolute Gasteiger partial charge is 0.242 e. The average molecular weight is 256 g/mol. The molecule has 3 aromatic rings. The third-order valence-corrected chi connectivity index (χ3v) is 3.82. The predicted octanol–water partition coefficient (Wildman–Crippen LogP) is 2.75. The van der Waals surface area contributed by atoms with Crippen molar-refractivity contribution in [2.75, 3.05) is 0 Å². The molecule has 0 fully saturated rings. The van der Waals surface area contributed by atoms with Crippen LogP contribution in [0.1, 0.15) is 11.3 Å². The number of nitrogens with one attached hydrogen (secondary N) is 1. The fraction of sp³-hybridized carbons (Fsp3) is 0.143. The Hall–Kier alpha value is -1.81. The molecule has 0 aliphatic heterocycles. The Bertz CT molecular complexity index is 625. The monoisotopic (exact) mass is 256 g/mol. The van der Waals surface area contributed by atoms with E-state index in [2.05, 4.69) is 47.4 Å². The molecule has 0 atom stereocenters. The maximum atomic E-state index is 4.27. The number of rotatable bonds is 3. The van der Waals surface area contributed by atoms with Gasteiger partial charge < -0.3 is 0 Å². The Morgan fingerprint density at radius 3 is 2.89 bits per heavy atom. The minimum atomic E-state index is 0.886. The molecule has 0 aliphatic rings. The van der Waals surface area contributed by atoms with E-state index < -0.39 is 0 Å². The second kappa shape index (κ2) is 4.82. The van der Waals surface area contributed by atoms with Crippen LogP contribution in [0.15, 0.2) is 53.8 Å². The van der Waals surface area contributed by atoms with Gasteiger partial charge in [-0.15, -0.1) is 11.8 Å². The van der Waals surface area contributed by atoms with Gasteiger partial charge in [0.05, 0.1) is 11.9 Å². The topological polar surface area (TPSA) is 32.8 Å². The number of fused-ring (bicyclic) bond motifs is 1. The van der Waals surface area contributed by atoms with Crippen LogP contribution in [0.2, 0.25) is 0 Å². The summed E-state index contributed by atoms with van der Waals surface area (Å²) in [4.78, 5) is 8.86. The summed E-state index contributed by atoms with van der Waals surface area (Å²) in [5, 5.41) is 0. The number of imidazole rings is 1. The lowest BCUT2D eigenvalue weighted by Crippen LogP contribution is -2.17. The van der Waals surface area contributed by atoms with Crippen LogP contribution in [-0.2, 0) is 5.75 Å². The zero-order chi connectivity index (χ0) is 12.4. The Labute approximate surface area is 110 Å². The van der Waals surface area contributed by atoms with Crippen molar-refractivity contribution in [2.45, 2.75) is 17.6 Å². The van der Waals surface area contributed by atoms with Crippen molar-refractivity contribution in [3.63, 3.8) is 0 Å². The average Bonchev–Trinajstić information content (AvgIpc) is 2.81. The number of H-pyrrole nitrogens is 1. The standard InChI is InChI=1S/C14H13N3S/c1-11-3-5-13(6-4-11)18-10-12-9-17-8-2-7-15-14(17)16-12/h2-9H,10H2,1H3/p+1. The molecule has 3 rings (SSSR count). The van der Waals surface area contributed by atoms with Crippen molar-refractivity contribution in [1.82, 2.24) is 9.97 Å². The maximum absolute atomic E-state index is 4.27. The van der Waals surface area contributed by atoms with E-state index in [1.807, 2.05) is 28.4 Å². The predicted molar refractivity (Wildman–Crippen MR) is 72.5 cm³/mol. The van der Waals surface area contributed by atoms with E-state index in [0.29, 0.717) is 0 Å². The van der Waals surface area contributed by atoms with Gasteiger partial charge in [0, 0.05) is 11.0 Å². The molecule has 0 amide bonds. The summed E-state index contributed by atoms with van der Waals surface area (Å²) in [6, 6.07) is 10.5. The number of aryl methyl sites for hydroxylation is 1. The lowest BCUT2D eigenvalue weighted by atomic mass is 10.2. The molecule has 1 N–H and O–H groups in total. The number of hydrogen-bond donors (Lipinski definition) is 1. The van der Waals surface area contributed by atoms with Crippen LogP contribution in [0.5, 0.6) is 0 Å². The van der Waals surface area contributed by atoms with Gasteiger partial charge in [0.2, 0.25) is 0 Å². The molecule has 3 nitrogen and oxygen atoms in total. The first kappa shape index (κ1) is 11.3. The Kier molecular flexibility index (Phi) is 3.02. The van der Waals surface area contributed by atoms with E-state index >= 15 is 0 Å². The number of benzene rings is 1. The van der Waals surface area contributed by atoms with E-state index in [-0.39, 0.29) is 0 Å². The molecule has 0 radical (unpaired) electrons. The lowest BCUT2D eigenvalue weighted by molar-refractivity contribution is -0.512.